The second-order valence-corrected chi connectivity index (χ2v) is 10.4. The number of carbonyl (C=O) groups is 2. The molecule has 0 aromatic rings. The van der Waals surface area contributed by atoms with E-state index in [0.29, 0.717) is 17.5 Å². The van der Waals surface area contributed by atoms with Crippen molar-refractivity contribution >= 4 is 39.2 Å². The Bertz CT molecular complexity index is 497. The number of thiocarbonyl (C=S) groups is 1. The van der Waals surface area contributed by atoms with E-state index in [-0.39, 0.29) is 23.1 Å². The lowest BCUT2D eigenvalue weighted by molar-refractivity contribution is -0.139. The fourth-order valence-corrected chi connectivity index (χ4v) is 4.49. The molecule has 1 N–H and O–H groups in total. The minimum absolute atomic E-state index is 0.0259. The van der Waals surface area contributed by atoms with Gasteiger partial charge in [0, 0.05) is 20.1 Å². The standard InChI is InChI=1S/C19H37N3O2S2/c1-7-8-11-20-19(25)22-12-9-10-15(22)17(23)21(4)16(13-14(2)3)18(24)26(5)6/h14-16,26H,7-13H2,1-6H3,(H,20,25)/t15-,16+/m0/s1. The van der Waals surface area contributed by atoms with Crippen molar-refractivity contribution in [2.75, 3.05) is 32.6 Å². The van der Waals surface area contributed by atoms with Crippen LogP contribution < -0.4 is 5.32 Å². The van der Waals surface area contributed by atoms with Crippen LogP contribution in [0.15, 0.2) is 0 Å². The maximum atomic E-state index is 13.2. The summed E-state index contributed by atoms with van der Waals surface area (Å²) in [6.45, 7) is 7.98. The Kier molecular flexibility index (Phi) is 9.93. The lowest BCUT2D eigenvalue weighted by Crippen LogP contribution is -2.53. The highest BCUT2D eigenvalue weighted by Gasteiger charge is 2.38. The highest BCUT2D eigenvalue weighted by atomic mass is 32.2. The van der Waals surface area contributed by atoms with Gasteiger partial charge in [-0.3, -0.25) is 9.59 Å². The number of thiol groups is 1. The molecular weight excluding hydrogens is 366 g/mol. The molecule has 5 nitrogen and oxygen atoms in total. The quantitative estimate of drug-likeness (QED) is 0.371. The average Bonchev–Trinajstić information content (AvgIpc) is 3.07. The van der Waals surface area contributed by atoms with Gasteiger partial charge in [-0.2, -0.15) is 10.9 Å². The third-order valence-corrected chi connectivity index (χ3v) is 6.40. The molecule has 0 radical (unpaired) electrons. The summed E-state index contributed by atoms with van der Waals surface area (Å²) >= 11 is 5.52. The summed E-state index contributed by atoms with van der Waals surface area (Å²) < 4.78 is 0. The minimum Gasteiger partial charge on any atom is -0.363 e. The van der Waals surface area contributed by atoms with E-state index in [9.17, 15) is 9.59 Å². The van der Waals surface area contributed by atoms with Gasteiger partial charge in [0.2, 0.25) is 5.91 Å². The van der Waals surface area contributed by atoms with E-state index in [2.05, 4.69) is 26.1 Å². The molecule has 0 aliphatic carbocycles. The number of rotatable bonds is 8. The number of nitrogens with zero attached hydrogens (tertiary/aromatic N) is 2. The second-order valence-electron chi connectivity index (χ2n) is 7.76. The summed E-state index contributed by atoms with van der Waals surface area (Å²) in [6.07, 6.45) is 8.58. The van der Waals surface area contributed by atoms with Gasteiger partial charge >= 0.3 is 0 Å². The van der Waals surface area contributed by atoms with E-state index in [4.69, 9.17) is 12.2 Å². The zero-order chi connectivity index (χ0) is 19.9. The number of hydrogen-bond donors (Lipinski definition) is 2. The summed E-state index contributed by atoms with van der Waals surface area (Å²) in [7, 11) is 1.07. The smallest absolute Gasteiger partial charge is 0.245 e. The van der Waals surface area contributed by atoms with E-state index >= 15 is 0 Å². The summed E-state index contributed by atoms with van der Waals surface area (Å²) in [5.41, 5.74) is 0. The number of hydrogen-bond acceptors (Lipinski definition) is 3. The Labute approximate surface area is 167 Å². The number of likely N-dealkylation sites (N-methyl/N-ethyl adjacent to an activating group) is 1. The number of nitrogens with one attached hydrogen (secondary N) is 1. The first-order valence-electron chi connectivity index (χ1n) is 9.72. The fourth-order valence-electron chi connectivity index (χ4n) is 3.30. The third-order valence-electron chi connectivity index (χ3n) is 4.84. The molecule has 0 bridgehead atoms. The first kappa shape index (κ1) is 23.2. The zero-order valence-corrected chi connectivity index (χ0v) is 19.0. The van der Waals surface area contributed by atoms with Crippen molar-refractivity contribution in [2.24, 2.45) is 5.92 Å². The van der Waals surface area contributed by atoms with Crippen LogP contribution in [0.1, 0.15) is 52.9 Å². The molecule has 0 spiro atoms. The monoisotopic (exact) mass is 403 g/mol. The molecule has 1 rings (SSSR count). The molecule has 1 fully saturated rings. The molecule has 7 heteroatoms. The Balaban J connectivity index is 2.85. The van der Waals surface area contributed by atoms with Crippen molar-refractivity contribution in [1.82, 2.24) is 15.1 Å². The Morgan fingerprint density at radius 1 is 1.35 bits per heavy atom. The van der Waals surface area contributed by atoms with Crippen LogP contribution in [0.5, 0.6) is 0 Å². The van der Waals surface area contributed by atoms with Crippen molar-refractivity contribution in [2.45, 2.75) is 65.0 Å². The van der Waals surface area contributed by atoms with Gasteiger partial charge < -0.3 is 15.1 Å². The third kappa shape index (κ3) is 6.41. The van der Waals surface area contributed by atoms with E-state index in [1.165, 1.54) is 0 Å². The van der Waals surface area contributed by atoms with E-state index in [1.54, 1.807) is 11.9 Å². The summed E-state index contributed by atoms with van der Waals surface area (Å²) in [4.78, 5) is 29.6. The molecule has 0 aromatic heterocycles. The summed E-state index contributed by atoms with van der Waals surface area (Å²) in [5.74, 6) is 0.392. The zero-order valence-electron chi connectivity index (χ0n) is 17.2. The van der Waals surface area contributed by atoms with Crippen molar-refractivity contribution in [3.8, 4) is 0 Å². The van der Waals surface area contributed by atoms with Gasteiger partial charge in [-0.15, -0.1) is 0 Å². The molecule has 0 aromatic carbocycles. The molecule has 0 unspecified atom stereocenters. The fraction of sp³-hybridized carbons (Fsp3) is 0.842. The van der Waals surface area contributed by atoms with Crippen LogP contribution in [0.3, 0.4) is 0 Å². The maximum Gasteiger partial charge on any atom is 0.245 e. The average molecular weight is 404 g/mol. The molecule has 0 saturated carbocycles. The van der Waals surface area contributed by atoms with Gasteiger partial charge in [-0.25, -0.2) is 0 Å². The Morgan fingerprint density at radius 3 is 2.54 bits per heavy atom. The molecule has 1 heterocycles. The molecule has 1 saturated heterocycles. The van der Waals surface area contributed by atoms with E-state index in [0.717, 1.165) is 38.8 Å². The van der Waals surface area contributed by atoms with Crippen LogP contribution in [-0.4, -0.2) is 70.7 Å². The molecule has 26 heavy (non-hydrogen) atoms. The first-order chi connectivity index (χ1) is 12.2. The molecule has 1 aliphatic rings. The van der Waals surface area contributed by atoms with Gasteiger partial charge in [-0.05, 0) is 56.3 Å². The lowest BCUT2D eigenvalue weighted by Gasteiger charge is -2.35. The van der Waals surface area contributed by atoms with Gasteiger partial charge in [0.1, 0.15) is 6.04 Å². The van der Waals surface area contributed by atoms with Gasteiger partial charge in [-0.1, -0.05) is 27.2 Å². The van der Waals surface area contributed by atoms with Gasteiger partial charge in [0.15, 0.2) is 10.2 Å². The van der Waals surface area contributed by atoms with Crippen molar-refractivity contribution < 1.29 is 9.59 Å². The predicted molar refractivity (Wildman–Crippen MR) is 117 cm³/mol. The van der Waals surface area contributed by atoms with Crippen molar-refractivity contribution in [1.29, 1.82) is 0 Å². The van der Waals surface area contributed by atoms with Crippen LogP contribution in [0, 0.1) is 5.92 Å². The van der Waals surface area contributed by atoms with Crippen LogP contribution in [0.25, 0.3) is 0 Å². The highest BCUT2D eigenvalue weighted by Crippen LogP contribution is 2.27. The lowest BCUT2D eigenvalue weighted by atomic mass is 10.0. The number of unbranched alkanes of at least 4 members (excludes halogenated alkanes) is 1. The van der Waals surface area contributed by atoms with E-state index in [1.807, 2.05) is 17.4 Å². The van der Waals surface area contributed by atoms with Gasteiger partial charge in [0.25, 0.3) is 0 Å². The summed E-state index contributed by atoms with van der Waals surface area (Å²) in [5, 5.41) is 4.15. The van der Waals surface area contributed by atoms with Gasteiger partial charge in [0.05, 0.1) is 6.04 Å². The first-order valence-corrected chi connectivity index (χ1v) is 12.4. The van der Waals surface area contributed by atoms with Crippen LogP contribution in [0.2, 0.25) is 0 Å². The van der Waals surface area contributed by atoms with Crippen molar-refractivity contribution in [3.63, 3.8) is 0 Å². The highest BCUT2D eigenvalue weighted by molar-refractivity contribution is 8.28. The Morgan fingerprint density at radius 2 is 2.00 bits per heavy atom. The Hall–Kier alpha value is -0.820. The van der Waals surface area contributed by atoms with Crippen molar-refractivity contribution in [3.05, 3.63) is 0 Å². The molecule has 152 valence electrons. The molecule has 1 aliphatic heterocycles. The van der Waals surface area contributed by atoms with E-state index < -0.39 is 10.9 Å². The largest absolute Gasteiger partial charge is 0.363 e. The van der Waals surface area contributed by atoms with Crippen LogP contribution >= 0.6 is 23.1 Å². The number of likely N-dealkylation sites (tertiary alicyclic amines) is 1. The van der Waals surface area contributed by atoms with Crippen LogP contribution in [0.4, 0.5) is 0 Å². The molecular formula is C19H37N3O2S2. The minimum atomic E-state index is -0.719. The number of carbonyl (C=O) groups excluding carboxylic acids is 2. The molecule has 1 amide bonds. The molecule has 2 atom stereocenters. The second kappa shape index (κ2) is 11.1. The predicted octanol–water partition coefficient (Wildman–Crippen LogP) is 2.79. The maximum absolute atomic E-state index is 13.2. The van der Waals surface area contributed by atoms with Crippen LogP contribution in [-0.2, 0) is 9.59 Å². The SMILES string of the molecule is CCCCNC(=S)N1CCC[C@H]1C(=O)N(C)[C@H](CC(C)C)C(=O)[SH](C)C. The summed E-state index contributed by atoms with van der Waals surface area (Å²) in [6, 6.07) is -0.572. The number of amides is 1. The topological polar surface area (TPSA) is 52.7 Å². The normalized spacial score (nSPS) is 18.7.